The number of nitrogens with one attached hydrogen (secondary N) is 1. The summed E-state index contributed by atoms with van der Waals surface area (Å²) in [5.74, 6) is 0.0340. The second kappa shape index (κ2) is 5.90. The lowest BCUT2D eigenvalue weighted by atomic mass is 10.1. The van der Waals surface area contributed by atoms with Gasteiger partial charge < -0.3 is 10.5 Å². The van der Waals surface area contributed by atoms with Crippen molar-refractivity contribution in [3.05, 3.63) is 29.8 Å². The standard InChI is InChI=1S/C13H20N2O3S/c1-10(11-4-6-12(14)7-5-11)15-19(16,17)9-13-3-2-8-18-13/h4-7,10,13,15H,2-3,8-9,14H2,1H3. The molecule has 3 N–H and O–H groups in total. The summed E-state index contributed by atoms with van der Waals surface area (Å²) >= 11 is 0. The second-order valence-electron chi connectivity index (χ2n) is 4.92. The summed E-state index contributed by atoms with van der Waals surface area (Å²) in [6, 6.07) is 6.91. The summed E-state index contributed by atoms with van der Waals surface area (Å²) < 4.78 is 32.1. The van der Waals surface area contributed by atoms with Crippen LogP contribution in [0, 0.1) is 0 Å². The molecular formula is C13H20N2O3S. The van der Waals surface area contributed by atoms with E-state index in [1.54, 1.807) is 12.1 Å². The maximum absolute atomic E-state index is 12.0. The topological polar surface area (TPSA) is 81.4 Å². The average molecular weight is 284 g/mol. The fourth-order valence-electron chi connectivity index (χ4n) is 2.19. The lowest BCUT2D eigenvalue weighted by molar-refractivity contribution is 0.127. The predicted octanol–water partition coefficient (Wildman–Crippen LogP) is 1.43. The van der Waals surface area contributed by atoms with Gasteiger partial charge in [-0.15, -0.1) is 0 Å². The number of hydrogen-bond acceptors (Lipinski definition) is 4. The van der Waals surface area contributed by atoms with Crippen LogP contribution in [0.5, 0.6) is 0 Å². The Morgan fingerprint density at radius 3 is 2.68 bits per heavy atom. The van der Waals surface area contributed by atoms with Crippen molar-refractivity contribution in [2.24, 2.45) is 0 Å². The summed E-state index contributed by atoms with van der Waals surface area (Å²) in [6.07, 6.45) is 1.58. The SMILES string of the molecule is CC(NS(=O)(=O)CC1CCCO1)c1ccc(N)cc1. The van der Waals surface area contributed by atoms with E-state index in [1.807, 2.05) is 19.1 Å². The predicted molar refractivity (Wildman–Crippen MR) is 75.2 cm³/mol. The highest BCUT2D eigenvalue weighted by Crippen LogP contribution is 2.17. The van der Waals surface area contributed by atoms with Crippen molar-refractivity contribution in [2.75, 3.05) is 18.1 Å². The van der Waals surface area contributed by atoms with Crippen molar-refractivity contribution < 1.29 is 13.2 Å². The molecule has 1 aromatic rings. The van der Waals surface area contributed by atoms with Crippen LogP contribution in [0.25, 0.3) is 0 Å². The molecule has 106 valence electrons. The van der Waals surface area contributed by atoms with Gasteiger partial charge in [-0.25, -0.2) is 13.1 Å². The lowest BCUT2D eigenvalue weighted by Crippen LogP contribution is -2.33. The molecule has 2 rings (SSSR count). The van der Waals surface area contributed by atoms with E-state index in [0.29, 0.717) is 12.3 Å². The molecule has 0 saturated carbocycles. The summed E-state index contributed by atoms with van der Waals surface area (Å²) in [7, 11) is -3.33. The van der Waals surface area contributed by atoms with Gasteiger partial charge in [0.05, 0.1) is 11.9 Å². The number of rotatable bonds is 5. The van der Waals surface area contributed by atoms with Crippen molar-refractivity contribution in [2.45, 2.75) is 31.9 Å². The van der Waals surface area contributed by atoms with Gasteiger partial charge in [-0.05, 0) is 37.5 Å². The zero-order valence-corrected chi connectivity index (χ0v) is 11.8. The minimum absolute atomic E-state index is 0.0340. The zero-order valence-electron chi connectivity index (χ0n) is 11.0. The van der Waals surface area contributed by atoms with Crippen LogP contribution < -0.4 is 10.5 Å². The van der Waals surface area contributed by atoms with E-state index in [1.165, 1.54) is 0 Å². The Morgan fingerprint density at radius 2 is 2.11 bits per heavy atom. The molecule has 1 aliphatic rings. The van der Waals surface area contributed by atoms with E-state index in [9.17, 15) is 8.42 Å². The van der Waals surface area contributed by atoms with Gasteiger partial charge in [-0.2, -0.15) is 0 Å². The monoisotopic (exact) mass is 284 g/mol. The Balaban J connectivity index is 1.96. The maximum Gasteiger partial charge on any atom is 0.214 e. The number of anilines is 1. The number of benzene rings is 1. The van der Waals surface area contributed by atoms with Gasteiger partial charge in [0.15, 0.2) is 0 Å². The summed E-state index contributed by atoms with van der Waals surface area (Å²) in [4.78, 5) is 0. The third kappa shape index (κ3) is 4.19. The van der Waals surface area contributed by atoms with Gasteiger partial charge in [-0.1, -0.05) is 12.1 Å². The minimum Gasteiger partial charge on any atom is -0.399 e. The Morgan fingerprint density at radius 1 is 1.42 bits per heavy atom. The van der Waals surface area contributed by atoms with Crippen LogP contribution in [0.3, 0.4) is 0 Å². The van der Waals surface area contributed by atoms with E-state index >= 15 is 0 Å². The molecule has 0 aliphatic carbocycles. The fraction of sp³-hybridized carbons (Fsp3) is 0.538. The van der Waals surface area contributed by atoms with Crippen molar-refractivity contribution in [1.82, 2.24) is 4.72 Å². The van der Waals surface area contributed by atoms with Crippen LogP contribution in [0.4, 0.5) is 5.69 Å². The number of ether oxygens (including phenoxy) is 1. The van der Waals surface area contributed by atoms with E-state index in [-0.39, 0.29) is 17.9 Å². The second-order valence-corrected chi connectivity index (χ2v) is 6.72. The molecule has 2 atom stereocenters. The first-order valence-electron chi connectivity index (χ1n) is 6.43. The molecule has 2 unspecified atom stereocenters. The Labute approximate surface area is 114 Å². The van der Waals surface area contributed by atoms with E-state index in [2.05, 4.69) is 4.72 Å². The van der Waals surface area contributed by atoms with Crippen molar-refractivity contribution in [1.29, 1.82) is 0 Å². The molecule has 5 nitrogen and oxygen atoms in total. The lowest BCUT2D eigenvalue weighted by Gasteiger charge is -2.16. The molecule has 0 bridgehead atoms. The largest absolute Gasteiger partial charge is 0.399 e. The molecule has 1 aliphatic heterocycles. The third-order valence-electron chi connectivity index (χ3n) is 3.22. The van der Waals surface area contributed by atoms with Crippen LogP contribution in [-0.4, -0.2) is 26.9 Å². The first-order chi connectivity index (χ1) is 8.96. The van der Waals surface area contributed by atoms with Crippen molar-refractivity contribution >= 4 is 15.7 Å². The quantitative estimate of drug-likeness (QED) is 0.801. The molecule has 19 heavy (non-hydrogen) atoms. The average Bonchev–Trinajstić information content (AvgIpc) is 2.81. The van der Waals surface area contributed by atoms with Crippen molar-refractivity contribution in [3.63, 3.8) is 0 Å². The highest BCUT2D eigenvalue weighted by atomic mass is 32.2. The zero-order chi connectivity index (χ0) is 13.9. The molecule has 1 fully saturated rings. The van der Waals surface area contributed by atoms with E-state index in [0.717, 1.165) is 18.4 Å². The Bertz CT molecular complexity index is 507. The molecule has 0 amide bonds. The van der Waals surface area contributed by atoms with Crippen LogP contribution in [0.2, 0.25) is 0 Å². The fourth-order valence-corrected chi connectivity index (χ4v) is 3.71. The number of hydrogen-bond donors (Lipinski definition) is 2. The van der Waals surface area contributed by atoms with Gasteiger partial charge in [0.1, 0.15) is 0 Å². The number of nitrogens with two attached hydrogens (primary N) is 1. The van der Waals surface area contributed by atoms with Gasteiger partial charge in [-0.3, -0.25) is 0 Å². The number of nitrogen functional groups attached to an aromatic ring is 1. The van der Waals surface area contributed by atoms with E-state index < -0.39 is 10.0 Å². The Hall–Kier alpha value is -1.11. The molecule has 6 heteroatoms. The summed E-state index contributed by atoms with van der Waals surface area (Å²) in [5, 5.41) is 0. The van der Waals surface area contributed by atoms with Crippen LogP contribution in [0.1, 0.15) is 31.4 Å². The van der Waals surface area contributed by atoms with Crippen LogP contribution >= 0.6 is 0 Å². The van der Waals surface area contributed by atoms with Crippen LogP contribution in [-0.2, 0) is 14.8 Å². The van der Waals surface area contributed by atoms with Gasteiger partial charge >= 0.3 is 0 Å². The molecule has 0 spiro atoms. The highest BCUT2D eigenvalue weighted by molar-refractivity contribution is 7.89. The molecular weight excluding hydrogens is 264 g/mol. The minimum atomic E-state index is -3.33. The molecule has 1 heterocycles. The highest BCUT2D eigenvalue weighted by Gasteiger charge is 2.24. The normalized spacial score (nSPS) is 21.4. The number of sulfonamides is 1. The van der Waals surface area contributed by atoms with Gasteiger partial charge in [0.25, 0.3) is 0 Å². The molecule has 1 aromatic carbocycles. The Kier molecular flexibility index (Phi) is 4.44. The summed E-state index contributed by atoms with van der Waals surface area (Å²) in [5.41, 5.74) is 7.17. The first-order valence-corrected chi connectivity index (χ1v) is 8.08. The molecule has 0 radical (unpaired) electrons. The summed E-state index contributed by atoms with van der Waals surface area (Å²) in [6.45, 7) is 2.48. The van der Waals surface area contributed by atoms with Crippen molar-refractivity contribution in [3.8, 4) is 0 Å². The first kappa shape index (κ1) is 14.3. The van der Waals surface area contributed by atoms with E-state index in [4.69, 9.17) is 10.5 Å². The van der Waals surface area contributed by atoms with Crippen LogP contribution in [0.15, 0.2) is 24.3 Å². The third-order valence-corrected chi connectivity index (χ3v) is 4.75. The molecule has 0 aromatic heterocycles. The molecule has 1 saturated heterocycles. The maximum atomic E-state index is 12.0. The van der Waals surface area contributed by atoms with Gasteiger partial charge in [0, 0.05) is 18.3 Å². The smallest absolute Gasteiger partial charge is 0.214 e. The van der Waals surface area contributed by atoms with Gasteiger partial charge in [0.2, 0.25) is 10.0 Å².